The van der Waals surface area contributed by atoms with Gasteiger partial charge < -0.3 is 10.6 Å². The third kappa shape index (κ3) is 2.21. The normalized spacial score (nSPS) is 22.1. The second kappa shape index (κ2) is 4.19. The van der Waals surface area contributed by atoms with Crippen molar-refractivity contribution < 1.29 is 9.72 Å². The molecule has 1 atom stereocenters. The van der Waals surface area contributed by atoms with Gasteiger partial charge in [-0.2, -0.15) is 0 Å². The second-order valence-electron chi connectivity index (χ2n) is 6.28. The maximum atomic E-state index is 11.4. The molecule has 1 aromatic carbocycles. The van der Waals surface area contributed by atoms with Crippen LogP contribution in [-0.2, 0) is 11.2 Å². The first-order valence-electron chi connectivity index (χ1n) is 6.72. The van der Waals surface area contributed by atoms with Crippen LogP contribution < -0.4 is 10.6 Å². The Balaban J connectivity index is 1.83. The topological polar surface area (TPSA) is 84.3 Å². The lowest BCUT2D eigenvalue weighted by Crippen LogP contribution is -2.09. The molecule has 1 unspecified atom stereocenters. The molecule has 0 radical (unpaired) electrons. The van der Waals surface area contributed by atoms with E-state index in [1.165, 1.54) is 6.07 Å². The number of carbonyl (C=O) groups is 1. The van der Waals surface area contributed by atoms with Gasteiger partial charge in [-0.1, -0.05) is 13.8 Å². The number of benzene rings is 1. The Bertz CT molecular complexity index is 610. The minimum Gasteiger partial charge on any atom is -0.379 e. The monoisotopic (exact) mass is 275 g/mol. The Labute approximate surface area is 116 Å². The van der Waals surface area contributed by atoms with E-state index in [4.69, 9.17) is 0 Å². The SMILES string of the molecule is CC1(C)CC1CNc1cc2c(cc1[N+](=O)[O-])CC(=O)N2. The molecule has 6 nitrogen and oxygen atoms in total. The van der Waals surface area contributed by atoms with Crippen LogP contribution in [0.2, 0.25) is 0 Å². The quantitative estimate of drug-likeness (QED) is 0.653. The molecule has 6 heteroatoms. The molecule has 0 saturated heterocycles. The number of nitrogens with zero attached hydrogens (tertiary/aromatic N) is 1. The van der Waals surface area contributed by atoms with E-state index < -0.39 is 4.92 Å². The molecule has 1 amide bonds. The smallest absolute Gasteiger partial charge is 0.292 e. The average Bonchev–Trinajstić information content (AvgIpc) is 2.78. The van der Waals surface area contributed by atoms with Crippen molar-refractivity contribution in [2.24, 2.45) is 11.3 Å². The van der Waals surface area contributed by atoms with Crippen LogP contribution in [0.3, 0.4) is 0 Å². The summed E-state index contributed by atoms with van der Waals surface area (Å²) in [4.78, 5) is 22.1. The molecule has 1 saturated carbocycles. The van der Waals surface area contributed by atoms with Gasteiger partial charge in [0.25, 0.3) is 5.69 Å². The van der Waals surface area contributed by atoms with Gasteiger partial charge >= 0.3 is 0 Å². The number of fused-ring (bicyclic) bond motifs is 1. The van der Waals surface area contributed by atoms with Crippen LogP contribution in [0.1, 0.15) is 25.8 Å². The fourth-order valence-corrected chi connectivity index (χ4v) is 2.71. The fourth-order valence-electron chi connectivity index (χ4n) is 2.71. The number of anilines is 2. The van der Waals surface area contributed by atoms with Crippen LogP contribution in [0.25, 0.3) is 0 Å². The molecular weight excluding hydrogens is 258 g/mol. The van der Waals surface area contributed by atoms with E-state index in [-0.39, 0.29) is 18.0 Å². The van der Waals surface area contributed by atoms with Gasteiger partial charge in [0.05, 0.1) is 11.3 Å². The highest BCUT2D eigenvalue weighted by molar-refractivity contribution is 6.00. The molecule has 2 N–H and O–H groups in total. The molecule has 1 aromatic rings. The maximum Gasteiger partial charge on any atom is 0.292 e. The van der Waals surface area contributed by atoms with Gasteiger partial charge in [0.15, 0.2) is 0 Å². The number of amides is 1. The molecule has 1 aliphatic heterocycles. The van der Waals surface area contributed by atoms with Crippen molar-refractivity contribution in [1.29, 1.82) is 0 Å². The minimum atomic E-state index is -0.399. The van der Waals surface area contributed by atoms with Crippen LogP contribution in [0.4, 0.5) is 17.1 Å². The highest BCUT2D eigenvalue weighted by atomic mass is 16.6. The highest BCUT2D eigenvalue weighted by Gasteiger charge is 2.45. The molecule has 2 aliphatic rings. The molecular formula is C14H17N3O3. The van der Waals surface area contributed by atoms with Crippen LogP contribution in [0.15, 0.2) is 12.1 Å². The first-order chi connectivity index (χ1) is 9.37. The lowest BCUT2D eigenvalue weighted by atomic mass is 10.1. The summed E-state index contributed by atoms with van der Waals surface area (Å²) in [5.74, 6) is 0.430. The van der Waals surface area contributed by atoms with E-state index in [9.17, 15) is 14.9 Å². The molecule has 1 fully saturated rings. The summed E-state index contributed by atoms with van der Waals surface area (Å²) in [5, 5.41) is 17.0. The van der Waals surface area contributed by atoms with Crippen molar-refractivity contribution in [3.05, 3.63) is 27.8 Å². The van der Waals surface area contributed by atoms with E-state index in [1.54, 1.807) is 6.07 Å². The van der Waals surface area contributed by atoms with E-state index in [2.05, 4.69) is 24.5 Å². The van der Waals surface area contributed by atoms with E-state index in [1.807, 2.05) is 0 Å². The zero-order valence-corrected chi connectivity index (χ0v) is 11.5. The van der Waals surface area contributed by atoms with E-state index in [0.717, 1.165) is 13.0 Å². The summed E-state index contributed by atoms with van der Waals surface area (Å²) in [6.07, 6.45) is 1.35. The van der Waals surface area contributed by atoms with Crippen LogP contribution in [-0.4, -0.2) is 17.4 Å². The van der Waals surface area contributed by atoms with E-state index in [0.29, 0.717) is 28.3 Å². The second-order valence-corrected chi connectivity index (χ2v) is 6.28. The van der Waals surface area contributed by atoms with Crippen molar-refractivity contribution >= 4 is 23.0 Å². The molecule has 20 heavy (non-hydrogen) atoms. The molecule has 1 aliphatic carbocycles. The number of carbonyl (C=O) groups excluding carboxylic acids is 1. The Morgan fingerprint density at radius 2 is 2.20 bits per heavy atom. The molecule has 106 valence electrons. The van der Waals surface area contributed by atoms with Gasteiger partial charge in [0.2, 0.25) is 5.91 Å². The minimum absolute atomic E-state index is 0.0405. The van der Waals surface area contributed by atoms with Crippen LogP contribution >= 0.6 is 0 Å². The number of nitro benzene ring substituents is 1. The molecule has 0 spiro atoms. The third-order valence-corrected chi connectivity index (χ3v) is 4.30. The number of rotatable bonds is 4. The van der Waals surface area contributed by atoms with Crippen molar-refractivity contribution in [2.75, 3.05) is 17.2 Å². The zero-order chi connectivity index (χ0) is 14.5. The van der Waals surface area contributed by atoms with E-state index >= 15 is 0 Å². The summed E-state index contributed by atoms with van der Waals surface area (Å²) >= 11 is 0. The third-order valence-electron chi connectivity index (χ3n) is 4.30. The van der Waals surface area contributed by atoms with Crippen molar-refractivity contribution in [1.82, 2.24) is 0 Å². The molecule has 1 heterocycles. The first kappa shape index (κ1) is 12.9. The molecule has 0 bridgehead atoms. The molecule has 3 rings (SSSR count). The summed E-state index contributed by atoms with van der Waals surface area (Å²) in [5.41, 5.74) is 2.22. The zero-order valence-electron chi connectivity index (χ0n) is 11.5. The van der Waals surface area contributed by atoms with Gasteiger partial charge in [-0.25, -0.2) is 0 Å². The lowest BCUT2D eigenvalue weighted by Gasteiger charge is -2.10. The summed E-state index contributed by atoms with van der Waals surface area (Å²) < 4.78 is 0. The summed E-state index contributed by atoms with van der Waals surface area (Å²) in [6.45, 7) is 5.11. The van der Waals surface area contributed by atoms with Gasteiger partial charge in [0, 0.05) is 18.3 Å². The number of nitrogens with one attached hydrogen (secondary N) is 2. The van der Waals surface area contributed by atoms with Crippen LogP contribution in [0.5, 0.6) is 0 Å². The predicted molar refractivity (Wildman–Crippen MR) is 75.8 cm³/mol. The lowest BCUT2D eigenvalue weighted by molar-refractivity contribution is -0.384. The Kier molecular flexibility index (Phi) is 2.70. The Morgan fingerprint density at radius 3 is 2.80 bits per heavy atom. The largest absolute Gasteiger partial charge is 0.379 e. The number of hydrogen-bond acceptors (Lipinski definition) is 4. The Hall–Kier alpha value is -2.11. The highest BCUT2D eigenvalue weighted by Crippen LogP contribution is 2.51. The fraction of sp³-hybridized carbons (Fsp3) is 0.500. The van der Waals surface area contributed by atoms with Gasteiger partial charge in [-0.15, -0.1) is 0 Å². The Morgan fingerprint density at radius 1 is 1.50 bits per heavy atom. The summed E-state index contributed by atoms with van der Waals surface area (Å²) in [7, 11) is 0. The van der Waals surface area contributed by atoms with Crippen molar-refractivity contribution in [2.45, 2.75) is 26.7 Å². The van der Waals surface area contributed by atoms with Crippen molar-refractivity contribution in [3.63, 3.8) is 0 Å². The maximum absolute atomic E-state index is 11.4. The standard InChI is InChI=1S/C14H17N3O3/c1-14(2)6-9(14)7-15-11-5-10-8(4-13(18)16-10)3-12(11)17(19)20/h3,5,9,15H,4,6-7H2,1-2H3,(H,16,18). The van der Waals surface area contributed by atoms with Gasteiger partial charge in [0.1, 0.15) is 5.69 Å². The average molecular weight is 275 g/mol. The van der Waals surface area contributed by atoms with Crippen molar-refractivity contribution in [3.8, 4) is 0 Å². The summed E-state index contributed by atoms with van der Waals surface area (Å²) in [6, 6.07) is 3.17. The number of hydrogen-bond donors (Lipinski definition) is 2. The van der Waals surface area contributed by atoms with Gasteiger partial charge in [-0.05, 0) is 29.4 Å². The first-order valence-corrected chi connectivity index (χ1v) is 6.72. The van der Waals surface area contributed by atoms with Gasteiger partial charge in [-0.3, -0.25) is 14.9 Å². The molecule has 0 aromatic heterocycles. The van der Waals surface area contributed by atoms with Crippen LogP contribution in [0, 0.1) is 21.4 Å². The predicted octanol–water partition coefficient (Wildman–Crippen LogP) is 2.55. The number of nitro groups is 1.